The van der Waals surface area contributed by atoms with Crippen molar-refractivity contribution >= 4 is 31.2 Å². The van der Waals surface area contributed by atoms with E-state index < -0.39 is 0 Å². The zero-order chi connectivity index (χ0) is 16.0. The van der Waals surface area contributed by atoms with Crippen molar-refractivity contribution in [2.45, 2.75) is 44.0 Å². The quantitative estimate of drug-likeness (QED) is 0.343. The van der Waals surface area contributed by atoms with Crippen molar-refractivity contribution in [3.8, 4) is 0 Å². The largest absolute Gasteiger partial charge is 0.463 e. The number of unbranched alkanes of at least 4 members (excludes halogenated alkanes) is 1. The summed E-state index contributed by atoms with van der Waals surface area (Å²) in [5, 5.41) is 0.389. The zero-order valence-corrected chi connectivity index (χ0v) is 14.7. The first-order valence-electron chi connectivity index (χ1n) is 7.78. The molecule has 0 saturated heterocycles. The van der Waals surface area contributed by atoms with E-state index in [2.05, 4.69) is 25.3 Å². The lowest BCUT2D eigenvalue weighted by Gasteiger charge is -2.08. The van der Waals surface area contributed by atoms with E-state index in [1.807, 2.05) is 30.3 Å². The van der Waals surface area contributed by atoms with Crippen LogP contribution in [0.1, 0.15) is 37.7 Å². The molecule has 124 valence electrons. The summed E-state index contributed by atoms with van der Waals surface area (Å²) in [6.07, 6.45) is 4.36. The van der Waals surface area contributed by atoms with E-state index in [1.54, 1.807) is 0 Å². The van der Waals surface area contributed by atoms with Gasteiger partial charge in [0.25, 0.3) is 0 Å². The lowest BCUT2D eigenvalue weighted by Crippen LogP contribution is -2.10. The van der Waals surface area contributed by atoms with Gasteiger partial charge in [0.05, 0.1) is 13.2 Å². The summed E-state index contributed by atoms with van der Waals surface area (Å²) in [6.45, 7) is 1.30. The van der Waals surface area contributed by atoms with Gasteiger partial charge in [0.2, 0.25) is 0 Å². The second-order valence-electron chi connectivity index (χ2n) is 5.17. The van der Waals surface area contributed by atoms with Crippen molar-refractivity contribution in [3.63, 3.8) is 0 Å². The number of hydrogen-bond acceptors (Lipinski definition) is 5. The zero-order valence-electron chi connectivity index (χ0n) is 12.9. The molecule has 0 aliphatic rings. The Morgan fingerprint density at radius 2 is 1.86 bits per heavy atom. The maximum atomic E-state index is 11.5. The van der Waals surface area contributed by atoms with Crippen LogP contribution < -0.4 is 0 Å². The molecule has 0 N–H and O–H groups in total. The molecule has 0 bridgehead atoms. The van der Waals surface area contributed by atoms with Crippen LogP contribution in [0.3, 0.4) is 0 Å². The van der Waals surface area contributed by atoms with Crippen LogP contribution in [-0.4, -0.2) is 30.2 Å². The number of carbonyl (C=O) groups excluding carboxylic acids is 1. The summed E-state index contributed by atoms with van der Waals surface area (Å²) in [5.74, 6) is 0.715. The molecule has 5 heteroatoms. The van der Waals surface area contributed by atoms with E-state index in [-0.39, 0.29) is 5.97 Å². The fourth-order valence-electron chi connectivity index (χ4n) is 1.99. The summed E-state index contributed by atoms with van der Waals surface area (Å²) >= 11 is 8.64. The maximum Gasteiger partial charge on any atom is 0.305 e. The van der Waals surface area contributed by atoms with E-state index in [0.717, 1.165) is 37.0 Å². The van der Waals surface area contributed by atoms with E-state index in [4.69, 9.17) is 9.47 Å². The van der Waals surface area contributed by atoms with E-state index in [9.17, 15) is 4.79 Å². The van der Waals surface area contributed by atoms with Gasteiger partial charge in [-0.3, -0.25) is 4.79 Å². The van der Waals surface area contributed by atoms with Crippen LogP contribution in [0.2, 0.25) is 0 Å². The Morgan fingerprint density at radius 1 is 1.09 bits per heavy atom. The third-order valence-electron chi connectivity index (χ3n) is 3.23. The third kappa shape index (κ3) is 10.1. The van der Waals surface area contributed by atoms with Gasteiger partial charge in [0.1, 0.15) is 6.61 Å². The number of esters is 1. The molecule has 1 aromatic carbocycles. The Bertz CT molecular complexity index is 398. The number of benzene rings is 1. The van der Waals surface area contributed by atoms with E-state index >= 15 is 0 Å². The highest BCUT2D eigenvalue weighted by Gasteiger charge is 2.05. The fourth-order valence-corrected chi connectivity index (χ4v) is 2.82. The van der Waals surface area contributed by atoms with Crippen molar-refractivity contribution in [1.82, 2.24) is 0 Å². The number of carbonyl (C=O) groups is 1. The van der Waals surface area contributed by atoms with Crippen molar-refractivity contribution in [2.24, 2.45) is 0 Å². The Hall–Kier alpha value is -0.650. The van der Waals surface area contributed by atoms with Gasteiger partial charge in [-0.2, -0.15) is 25.3 Å². The van der Waals surface area contributed by atoms with E-state index in [0.29, 0.717) is 31.5 Å². The third-order valence-corrected chi connectivity index (χ3v) is 4.01. The number of ether oxygens (including phenoxy) is 2. The first-order valence-corrected chi connectivity index (χ1v) is 8.93. The molecule has 1 unspecified atom stereocenters. The summed E-state index contributed by atoms with van der Waals surface area (Å²) in [6, 6.07) is 9.94. The molecule has 0 aromatic heterocycles. The number of thiol groups is 2. The van der Waals surface area contributed by atoms with Crippen molar-refractivity contribution in [1.29, 1.82) is 0 Å². The van der Waals surface area contributed by atoms with Crippen LogP contribution in [0.5, 0.6) is 0 Å². The summed E-state index contributed by atoms with van der Waals surface area (Å²) < 4.78 is 10.6. The predicted octanol–water partition coefficient (Wildman–Crippen LogP) is 3.93. The summed E-state index contributed by atoms with van der Waals surface area (Å²) in [7, 11) is 0. The molecule has 0 spiro atoms. The molecule has 1 atom stereocenters. The highest BCUT2D eigenvalue weighted by Crippen LogP contribution is 2.12. The molecule has 1 aromatic rings. The van der Waals surface area contributed by atoms with Gasteiger partial charge in [-0.15, -0.1) is 0 Å². The number of rotatable bonds is 12. The molecule has 0 fully saturated rings. The molecule has 0 amide bonds. The van der Waals surface area contributed by atoms with Crippen LogP contribution in [0.4, 0.5) is 0 Å². The van der Waals surface area contributed by atoms with Gasteiger partial charge in [-0.1, -0.05) is 36.8 Å². The van der Waals surface area contributed by atoms with Crippen LogP contribution in [-0.2, 0) is 20.9 Å². The SMILES string of the molecule is O=C(CCCCC(S)CCS)OCCOCc1ccccc1. The highest BCUT2D eigenvalue weighted by molar-refractivity contribution is 7.81. The second-order valence-corrected chi connectivity index (χ2v) is 6.35. The smallest absolute Gasteiger partial charge is 0.305 e. The van der Waals surface area contributed by atoms with Crippen molar-refractivity contribution in [3.05, 3.63) is 35.9 Å². The van der Waals surface area contributed by atoms with Gasteiger partial charge < -0.3 is 9.47 Å². The highest BCUT2D eigenvalue weighted by atomic mass is 32.1. The van der Waals surface area contributed by atoms with Crippen LogP contribution in [0.15, 0.2) is 30.3 Å². The molecule has 0 heterocycles. The topological polar surface area (TPSA) is 35.5 Å². The average molecular weight is 343 g/mol. The van der Waals surface area contributed by atoms with Crippen LogP contribution in [0, 0.1) is 0 Å². The molecule has 0 aliphatic carbocycles. The minimum atomic E-state index is -0.145. The van der Waals surface area contributed by atoms with Gasteiger partial charge in [0.15, 0.2) is 0 Å². The lowest BCUT2D eigenvalue weighted by atomic mass is 10.1. The Morgan fingerprint density at radius 3 is 2.59 bits per heavy atom. The summed E-state index contributed by atoms with van der Waals surface area (Å²) in [4.78, 5) is 11.5. The normalized spacial score (nSPS) is 12.1. The fraction of sp³-hybridized carbons (Fsp3) is 0.588. The van der Waals surface area contributed by atoms with E-state index in [1.165, 1.54) is 0 Å². The van der Waals surface area contributed by atoms with Gasteiger partial charge in [0, 0.05) is 11.7 Å². The molecule has 0 saturated carbocycles. The lowest BCUT2D eigenvalue weighted by molar-refractivity contribution is -0.145. The molecule has 1 rings (SSSR count). The molecule has 22 heavy (non-hydrogen) atoms. The summed E-state index contributed by atoms with van der Waals surface area (Å²) in [5.41, 5.74) is 1.12. The predicted molar refractivity (Wildman–Crippen MR) is 96.8 cm³/mol. The molecular formula is C17H26O3S2. The van der Waals surface area contributed by atoms with Gasteiger partial charge >= 0.3 is 5.97 Å². The van der Waals surface area contributed by atoms with Gasteiger partial charge in [-0.25, -0.2) is 0 Å². The van der Waals surface area contributed by atoms with Crippen LogP contribution in [0.25, 0.3) is 0 Å². The second kappa shape index (κ2) is 12.9. The minimum absolute atomic E-state index is 0.145. The molecule has 0 aliphatic heterocycles. The first kappa shape index (κ1) is 19.4. The first-order chi connectivity index (χ1) is 10.7. The van der Waals surface area contributed by atoms with Crippen LogP contribution >= 0.6 is 25.3 Å². The Kier molecular flexibility index (Phi) is 11.3. The minimum Gasteiger partial charge on any atom is -0.463 e. The van der Waals surface area contributed by atoms with Crippen molar-refractivity contribution in [2.75, 3.05) is 19.0 Å². The monoisotopic (exact) mass is 342 g/mol. The number of hydrogen-bond donors (Lipinski definition) is 2. The standard InChI is InChI=1S/C17H26O3S2/c18-17(9-5-4-8-16(22)10-13-21)20-12-11-19-14-15-6-2-1-3-7-15/h1-3,6-7,16,21-22H,4-5,8-14H2. The Labute approximate surface area is 144 Å². The molecule has 0 radical (unpaired) electrons. The maximum absolute atomic E-state index is 11.5. The van der Waals surface area contributed by atoms with Crippen molar-refractivity contribution < 1.29 is 14.3 Å². The molecular weight excluding hydrogens is 316 g/mol. The Balaban J connectivity index is 1.93. The molecule has 3 nitrogen and oxygen atoms in total. The average Bonchev–Trinajstić information content (AvgIpc) is 2.52. The van der Waals surface area contributed by atoms with Gasteiger partial charge in [-0.05, 0) is 30.6 Å².